The molecule has 3 saturated heterocycles. The number of hydrogen-bond donors (Lipinski definition) is 24. The summed E-state index contributed by atoms with van der Waals surface area (Å²) in [5.74, 6) is -22.5. The lowest BCUT2D eigenvalue weighted by atomic mass is 10.0. The van der Waals surface area contributed by atoms with Gasteiger partial charge in [0.2, 0.25) is 76.8 Å². The van der Waals surface area contributed by atoms with Gasteiger partial charge in [0.25, 0.3) is 5.91 Å². The number of aromatic nitrogens is 1. The fourth-order valence-electron chi connectivity index (χ4n) is 13.1. The Hall–Kier alpha value is -13.1. The first kappa shape index (κ1) is 92.1. The van der Waals surface area contributed by atoms with Crippen LogP contribution in [0.1, 0.15) is 109 Å². The molecule has 0 spiro atoms. The number of nitrogens with two attached hydrogens (primary N) is 1. The number of aliphatic hydroxyl groups excluding tert-OH is 3. The molecule has 43 nitrogen and oxygen atoms in total. The third kappa shape index (κ3) is 27.3. The van der Waals surface area contributed by atoms with Crippen molar-refractivity contribution < 1.29 is 122 Å². The Morgan fingerprint density at radius 3 is 1.87 bits per heavy atom. The molecule has 118 heavy (non-hydrogen) atoms. The number of carboxylic acid groups (broad SMARTS) is 2. The van der Waals surface area contributed by atoms with E-state index in [4.69, 9.17) is 15.9 Å². The number of aliphatic hydroxyl groups is 3. The van der Waals surface area contributed by atoms with Gasteiger partial charge in [-0.1, -0.05) is 42.5 Å². The largest absolute Gasteiger partial charge is 0.508 e. The predicted octanol–water partition coefficient (Wildman–Crippen LogP) is -6.96. The number of phenols is 2. The van der Waals surface area contributed by atoms with Crippen molar-refractivity contribution in [2.45, 2.75) is 208 Å². The van der Waals surface area contributed by atoms with Crippen molar-refractivity contribution in [1.82, 2.24) is 84.3 Å². The summed E-state index contributed by atoms with van der Waals surface area (Å²) >= 11 is 0. The average Bonchev–Trinajstić information content (AvgIpc) is 1.60. The Kier molecular flexibility index (Phi) is 34.0. The highest BCUT2D eigenvalue weighted by molar-refractivity contribution is 6.02. The number of phenolic OH excluding ortho intramolecular Hbond substituents is 2. The number of fused-ring (bicyclic) bond motifs is 8. The summed E-state index contributed by atoms with van der Waals surface area (Å²) in [6.45, 7) is 2.55. The standard InChI is InChI=1S/C75H100N18O25/c1-35(81-69(111)57(36(2)94)82-38(4)96)61(103)91-58(37(3)95)70(112)85-47(14-9-27-79-75(76)77)62(104)83-46-13-7-8-26-78-72(114)60(102)59(71(113)89-52(74(116)117)30-40-18-22-43(98)23-19-40)92-64(106)48-24-25-56(101)118-34-53(90-68(110)54-15-10-28-93(54)73(115)51(88-63(46)105)29-39-16-20-42(97)21-17-39)67(109)87-50(32-55(99)100)66(108)86-49(65(107)84-48)31-41-33-80-45-12-6-5-11-44(41)45/h5-6,11-12,16-23,33,35-37,46-54,57-60,80,94-95,97-98,102H,7-10,13-15,24-32,34H2,1-4H3,(H,78,114)(H,81,111)(H,82,96)(H,83,104)(H,84,107)(H,85,112)(H,86,108)(H,87,109)(H,88,105)(H,89,113)(H,90,110)(H,91,103)(H,92,106)(H,99,100)(H,116,117)(H4,76,77,79)/t35-,36+,37+,46-,47-,48+,49-,50-,51+,52-,53-,54-,57-,58?,59-,60-/m0/s1. The maximum atomic E-state index is 15.4. The van der Waals surface area contributed by atoms with Gasteiger partial charge in [-0.2, -0.15) is 0 Å². The van der Waals surface area contributed by atoms with Crippen molar-refractivity contribution in [2.75, 3.05) is 26.2 Å². The molecule has 0 saturated carbocycles. The number of ether oxygens (including phenoxy) is 1. The number of carbonyl (C=O) groups is 17. The molecule has 0 aliphatic carbocycles. The van der Waals surface area contributed by atoms with E-state index in [1.54, 1.807) is 24.3 Å². The van der Waals surface area contributed by atoms with Gasteiger partial charge in [-0.05, 0) is 119 Å². The van der Waals surface area contributed by atoms with Gasteiger partial charge in [0.05, 0.1) is 18.6 Å². The van der Waals surface area contributed by atoms with Crippen LogP contribution in [0.2, 0.25) is 0 Å². The van der Waals surface area contributed by atoms with Crippen molar-refractivity contribution in [2.24, 2.45) is 5.73 Å². The highest BCUT2D eigenvalue weighted by Crippen LogP contribution is 2.24. The summed E-state index contributed by atoms with van der Waals surface area (Å²) in [6.07, 6.45) is -10.2. The molecule has 3 aliphatic heterocycles. The average molecular weight is 1650 g/mol. The van der Waals surface area contributed by atoms with Crippen LogP contribution in [-0.2, 0) is 106 Å². The Bertz CT molecular complexity index is 4350. The number of H-pyrrole nitrogens is 1. The minimum absolute atomic E-state index is 0.0771. The van der Waals surface area contributed by atoms with Gasteiger partial charge < -0.3 is 131 Å². The topological polar surface area (TPSA) is 678 Å². The van der Waals surface area contributed by atoms with Gasteiger partial charge in [0.15, 0.2) is 12.1 Å². The van der Waals surface area contributed by atoms with Crippen LogP contribution in [0.3, 0.4) is 0 Å². The highest BCUT2D eigenvalue weighted by Gasteiger charge is 2.44. The molecule has 0 radical (unpaired) electrons. The fourth-order valence-corrected chi connectivity index (χ4v) is 13.1. The van der Waals surface area contributed by atoms with E-state index in [0.29, 0.717) is 16.5 Å². The second kappa shape index (κ2) is 43.6. The number of carboxylic acids is 2. The van der Waals surface area contributed by atoms with E-state index in [0.717, 1.165) is 18.7 Å². The molecule has 4 heterocycles. The van der Waals surface area contributed by atoms with E-state index in [9.17, 15) is 103 Å². The van der Waals surface area contributed by atoms with E-state index in [-0.39, 0.29) is 74.2 Å². The van der Waals surface area contributed by atoms with E-state index in [1.807, 2.05) is 0 Å². The van der Waals surface area contributed by atoms with Gasteiger partial charge in [-0.3, -0.25) is 82.1 Å². The molecular weight excluding hydrogens is 1550 g/mol. The number of nitrogens with one attached hydrogen (secondary N) is 16. The zero-order chi connectivity index (χ0) is 86.8. The Balaban J connectivity index is 1.31. The Morgan fingerprint density at radius 1 is 0.619 bits per heavy atom. The van der Waals surface area contributed by atoms with Gasteiger partial charge >= 0.3 is 17.9 Å². The smallest absolute Gasteiger partial charge is 0.326 e. The van der Waals surface area contributed by atoms with Crippen molar-refractivity contribution >= 4 is 117 Å². The molecule has 2 bridgehead atoms. The van der Waals surface area contributed by atoms with E-state index >= 15 is 14.4 Å². The van der Waals surface area contributed by atoms with Crippen LogP contribution < -0.4 is 80.2 Å². The third-order valence-electron chi connectivity index (χ3n) is 19.5. The van der Waals surface area contributed by atoms with E-state index in [1.165, 1.54) is 68.6 Å². The summed E-state index contributed by atoms with van der Waals surface area (Å²) in [7, 11) is 0. The molecule has 3 aliphatic rings. The van der Waals surface area contributed by atoms with Gasteiger partial charge in [-0.15, -0.1) is 0 Å². The van der Waals surface area contributed by atoms with Crippen molar-refractivity contribution in [3.63, 3.8) is 0 Å². The number of amides is 14. The molecule has 1 aromatic heterocycles. The number of nitrogens with zero attached hydrogens (tertiary/aromatic N) is 1. The maximum absolute atomic E-state index is 15.4. The minimum Gasteiger partial charge on any atom is -0.508 e. The molecule has 16 atom stereocenters. The van der Waals surface area contributed by atoms with Crippen LogP contribution >= 0.6 is 0 Å². The lowest BCUT2D eigenvalue weighted by Gasteiger charge is -2.31. The maximum Gasteiger partial charge on any atom is 0.326 e. The molecule has 1 unspecified atom stereocenters. The number of benzene rings is 3. The lowest BCUT2D eigenvalue weighted by Crippen LogP contribution is -2.63. The summed E-state index contributed by atoms with van der Waals surface area (Å²) in [5.41, 5.74) is 6.91. The van der Waals surface area contributed by atoms with E-state index in [2.05, 4.69) is 79.4 Å². The molecule has 3 fully saturated rings. The van der Waals surface area contributed by atoms with Crippen molar-refractivity contribution in [1.29, 1.82) is 5.41 Å². The van der Waals surface area contributed by atoms with Gasteiger partial charge in [0, 0.05) is 69.3 Å². The minimum atomic E-state index is -2.71. The molecule has 7 rings (SSSR count). The second-order valence-corrected chi connectivity index (χ2v) is 28.7. The Morgan fingerprint density at radius 2 is 1.23 bits per heavy atom. The predicted molar refractivity (Wildman–Crippen MR) is 410 cm³/mol. The monoisotopic (exact) mass is 1650 g/mol. The molecule has 3 aromatic carbocycles. The van der Waals surface area contributed by atoms with Crippen LogP contribution in [0.25, 0.3) is 10.9 Å². The van der Waals surface area contributed by atoms with Crippen LogP contribution in [0, 0.1) is 5.41 Å². The highest BCUT2D eigenvalue weighted by atomic mass is 16.5. The third-order valence-corrected chi connectivity index (χ3v) is 19.5. The van der Waals surface area contributed by atoms with Crippen LogP contribution in [0.4, 0.5) is 0 Å². The summed E-state index contributed by atoms with van der Waals surface area (Å²) in [5, 5.41) is 115. The van der Waals surface area contributed by atoms with E-state index < -0.39 is 262 Å². The molecular formula is C75H100N18O25. The zero-order valence-electron chi connectivity index (χ0n) is 64.8. The molecule has 25 N–H and O–H groups in total. The van der Waals surface area contributed by atoms with Crippen LogP contribution in [0.5, 0.6) is 11.5 Å². The van der Waals surface area contributed by atoms with Crippen LogP contribution in [-0.4, -0.2) is 275 Å². The number of para-hydroxylation sites is 1. The first-order valence-corrected chi connectivity index (χ1v) is 37.9. The SMILES string of the molecule is CC(=O)N[C@H](C(=O)N[C@@H](C)C(=O)NC(C(=O)N[C@@H](CCCNC(=N)N)C(=O)N[C@H]1CCCCNC(=O)[C@@H](O)[C@@H](C(=O)N[C@@H](Cc2ccc(O)cc2)C(=O)O)NC(=O)[C@H]2CCC(=O)OC[C@H](NC(=O)[C@@H]3CCCN3C(=O)[C@@H](Cc3ccc(O)cc3)NC1=O)C(=O)N[C@@H](CC(=O)O)C(=O)N[C@@H](Cc1c[nH]c3ccccc13)C(=O)N2)[C@@H](C)O)[C@@H](C)O. The molecule has 640 valence electrons. The number of aromatic amines is 1. The molecule has 14 amide bonds. The molecule has 4 aromatic rings. The number of rotatable bonds is 26. The second-order valence-electron chi connectivity index (χ2n) is 28.7. The van der Waals surface area contributed by atoms with Crippen molar-refractivity contribution in [3.05, 3.63) is 95.7 Å². The van der Waals surface area contributed by atoms with Crippen LogP contribution in [0.15, 0.2) is 79.0 Å². The normalized spacial score (nSPS) is 22.8. The van der Waals surface area contributed by atoms with Gasteiger partial charge in [-0.25, -0.2) is 4.79 Å². The van der Waals surface area contributed by atoms with Gasteiger partial charge in [0.1, 0.15) is 96.6 Å². The summed E-state index contributed by atoms with van der Waals surface area (Å²) in [4.78, 5) is 245. The van der Waals surface area contributed by atoms with Crippen molar-refractivity contribution in [3.8, 4) is 11.5 Å². The number of carbonyl (C=O) groups excluding carboxylic acids is 15. The number of aromatic hydroxyl groups is 2. The summed E-state index contributed by atoms with van der Waals surface area (Å²) < 4.78 is 5.50. The number of hydrogen-bond acceptors (Lipinski definition) is 24. The molecule has 43 heteroatoms. The first-order valence-electron chi connectivity index (χ1n) is 37.9. The first-order chi connectivity index (χ1) is 55.9. The quantitative estimate of drug-likeness (QED) is 0.0120. The lowest BCUT2D eigenvalue weighted by molar-refractivity contribution is -0.148. The number of esters is 1. The zero-order valence-corrected chi connectivity index (χ0v) is 64.8. The fraction of sp³-hybridized carbons (Fsp3) is 0.493. The number of aliphatic carboxylic acids is 2. The summed E-state index contributed by atoms with van der Waals surface area (Å²) in [6, 6.07) is -7.38. The number of guanidine groups is 1. The Labute approximate surface area is 673 Å².